The van der Waals surface area contributed by atoms with Gasteiger partial charge in [-0.25, -0.2) is 0 Å². The summed E-state index contributed by atoms with van der Waals surface area (Å²) >= 11 is 1.84. The molecule has 14 heavy (non-hydrogen) atoms. The molecule has 1 aliphatic carbocycles. The fourth-order valence-corrected chi connectivity index (χ4v) is 3.12. The molecule has 0 aromatic rings. The molecule has 3 nitrogen and oxygen atoms in total. The Morgan fingerprint density at radius 1 is 1.57 bits per heavy atom. The summed E-state index contributed by atoms with van der Waals surface area (Å²) in [4.78, 5) is 11.6. The molecule has 1 saturated heterocycles. The van der Waals surface area contributed by atoms with Crippen LogP contribution in [0.25, 0.3) is 0 Å². The minimum Gasteiger partial charge on any atom is -0.388 e. The van der Waals surface area contributed by atoms with Crippen LogP contribution in [0.5, 0.6) is 0 Å². The second-order valence-corrected chi connectivity index (χ2v) is 5.51. The van der Waals surface area contributed by atoms with Gasteiger partial charge in [-0.05, 0) is 31.4 Å². The molecule has 1 aliphatic heterocycles. The van der Waals surface area contributed by atoms with Gasteiger partial charge in [-0.2, -0.15) is 11.8 Å². The predicted molar refractivity (Wildman–Crippen MR) is 57.2 cm³/mol. The van der Waals surface area contributed by atoms with Gasteiger partial charge in [0.05, 0.1) is 5.60 Å². The SMILES string of the molecule is O=C(NCC1(O)CCC1)C1CCSC1. The summed E-state index contributed by atoms with van der Waals surface area (Å²) in [5.74, 6) is 2.37. The highest BCUT2D eigenvalue weighted by Gasteiger charge is 2.35. The molecular formula is C10H17NO2S. The van der Waals surface area contributed by atoms with Crippen LogP contribution in [-0.2, 0) is 4.79 Å². The van der Waals surface area contributed by atoms with E-state index in [0.29, 0.717) is 6.54 Å². The molecule has 0 aromatic heterocycles. The van der Waals surface area contributed by atoms with Gasteiger partial charge in [-0.1, -0.05) is 0 Å². The van der Waals surface area contributed by atoms with E-state index >= 15 is 0 Å². The van der Waals surface area contributed by atoms with E-state index in [4.69, 9.17) is 0 Å². The smallest absolute Gasteiger partial charge is 0.224 e. The van der Waals surface area contributed by atoms with E-state index in [1.54, 1.807) is 0 Å². The van der Waals surface area contributed by atoms with Crippen LogP contribution >= 0.6 is 11.8 Å². The highest BCUT2D eigenvalue weighted by atomic mass is 32.2. The number of carbonyl (C=O) groups is 1. The highest BCUT2D eigenvalue weighted by Crippen LogP contribution is 2.31. The summed E-state index contributed by atoms with van der Waals surface area (Å²) in [6.07, 6.45) is 3.76. The van der Waals surface area contributed by atoms with E-state index < -0.39 is 5.60 Å². The molecule has 2 rings (SSSR count). The third-order valence-corrected chi connectivity index (χ3v) is 4.34. The van der Waals surface area contributed by atoms with Crippen molar-refractivity contribution in [3.63, 3.8) is 0 Å². The zero-order valence-electron chi connectivity index (χ0n) is 8.29. The van der Waals surface area contributed by atoms with Crippen LogP contribution in [0.4, 0.5) is 0 Å². The minimum absolute atomic E-state index is 0.135. The Labute approximate surface area is 88.6 Å². The van der Waals surface area contributed by atoms with Gasteiger partial charge in [0.1, 0.15) is 0 Å². The number of aliphatic hydroxyl groups is 1. The average Bonchev–Trinajstić information content (AvgIpc) is 2.63. The molecule has 0 aromatic carbocycles. The van der Waals surface area contributed by atoms with Crippen LogP contribution in [0, 0.1) is 5.92 Å². The van der Waals surface area contributed by atoms with E-state index in [9.17, 15) is 9.90 Å². The fourth-order valence-electron chi connectivity index (χ4n) is 1.90. The lowest BCUT2D eigenvalue weighted by Crippen LogP contribution is -2.49. The highest BCUT2D eigenvalue weighted by molar-refractivity contribution is 7.99. The molecular weight excluding hydrogens is 198 g/mol. The largest absolute Gasteiger partial charge is 0.388 e. The quantitative estimate of drug-likeness (QED) is 0.731. The molecule has 0 bridgehead atoms. The first-order chi connectivity index (χ1) is 6.70. The maximum atomic E-state index is 11.6. The minimum atomic E-state index is -0.582. The maximum absolute atomic E-state index is 11.6. The molecule has 80 valence electrons. The van der Waals surface area contributed by atoms with Gasteiger partial charge < -0.3 is 10.4 Å². The molecule has 1 atom stereocenters. The summed E-state index contributed by atoms with van der Waals surface area (Å²) in [6, 6.07) is 0. The summed E-state index contributed by atoms with van der Waals surface area (Å²) in [6.45, 7) is 0.451. The zero-order chi connectivity index (χ0) is 10.0. The topological polar surface area (TPSA) is 49.3 Å². The number of hydrogen-bond acceptors (Lipinski definition) is 3. The van der Waals surface area contributed by atoms with Gasteiger partial charge in [-0.15, -0.1) is 0 Å². The fraction of sp³-hybridized carbons (Fsp3) is 0.900. The summed E-state index contributed by atoms with van der Waals surface area (Å²) in [5, 5.41) is 12.6. The summed E-state index contributed by atoms with van der Waals surface area (Å²) in [5.41, 5.74) is -0.582. The Hall–Kier alpha value is -0.220. The Kier molecular flexibility index (Phi) is 3.02. The van der Waals surface area contributed by atoms with Gasteiger partial charge in [0.25, 0.3) is 0 Å². The Morgan fingerprint density at radius 3 is 2.86 bits per heavy atom. The molecule has 2 aliphatic rings. The molecule has 0 spiro atoms. The first kappa shape index (κ1) is 10.3. The second kappa shape index (κ2) is 4.11. The van der Waals surface area contributed by atoms with Crippen LogP contribution < -0.4 is 5.32 Å². The Morgan fingerprint density at radius 2 is 2.36 bits per heavy atom. The van der Waals surface area contributed by atoms with E-state index in [1.807, 2.05) is 11.8 Å². The number of amides is 1. The third kappa shape index (κ3) is 2.23. The second-order valence-electron chi connectivity index (χ2n) is 4.36. The first-order valence-corrected chi connectivity index (χ1v) is 6.43. The van der Waals surface area contributed by atoms with Gasteiger partial charge in [0.2, 0.25) is 5.91 Å². The molecule has 2 N–H and O–H groups in total. The van der Waals surface area contributed by atoms with Crippen molar-refractivity contribution in [2.24, 2.45) is 5.92 Å². The van der Waals surface area contributed by atoms with Gasteiger partial charge in [-0.3, -0.25) is 4.79 Å². The van der Waals surface area contributed by atoms with Crippen molar-refractivity contribution in [3.8, 4) is 0 Å². The number of nitrogens with one attached hydrogen (secondary N) is 1. The molecule has 1 unspecified atom stereocenters. The summed E-state index contributed by atoms with van der Waals surface area (Å²) < 4.78 is 0. The van der Waals surface area contributed by atoms with E-state index in [1.165, 1.54) is 0 Å². The third-order valence-electron chi connectivity index (χ3n) is 3.18. The molecule has 4 heteroatoms. The lowest BCUT2D eigenvalue weighted by molar-refractivity contribution is -0.126. The van der Waals surface area contributed by atoms with Crippen molar-refractivity contribution in [1.82, 2.24) is 5.32 Å². The van der Waals surface area contributed by atoms with Crippen LogP contribution in [0.3, 0.4) is 0 Å². The number of thioether (sulfide) groups is 1. The van der Waals surface area contributed by atoms with Gasteiger partial charge >= 0.3 is 0 Å². The number of carbonyl (C=O) groups excluding carboxylic acids is 1. The molecule has 0 radical (unpaired) electrons. The van der Waals surface area contributed by atoms with Crippen LogP contribution in [0.2, 0.25) is 0 Å². The monoisotopic (exact) mass is 215 g/mol. The standard InChI is InChI=1S/C10H17NO2S/c12-9(8-2-5-14-6-8)11-7-10(13)3-1-4-10/h8,13H,1-7H2,(H,11,12). The molecule has 1 heterocycles. The summed E-state index contributed by atoms with van der Waals surface area (Å²) in [7, 11) is 0. The molecule has 1 saturated carbocycles. The van der Waals surface area contributed by atoms with Crippen molar-refractivity contribution in [1.29, 1.82) is 0 Å². The van der Waals surface area contributed by atoms with Crippen molar-refractivity contribution in [3.05, 3.63) is 0 Å². The van der Waals surface area contributed by atoms with Crippen molar-refractivity contribution < 1.29 is 9.90 Å². The van der Waals surface area contributed by atoms with Crippen molar-refractivity contribution in [2.45, 2.75) is 31.3 Å². The van der Waals surface area contributed by atoms with E-state index in [2.05, 4.69) is 5.32 Å². The normalized spacial score (nSPS) is 29.6. The van der Waals surface area contributed by atoms with E-state index in [-0.39, 0.29) is 11.8 Å². The lowest BCUT2D eigenvalue weighted by atomic mass is 9.80. The average molecular weight is 215 g/mol. The van der Waals surface area contributed by atoms with Gasteiger partial charge in [0.15, 0.2) is 0 Å². The Bertz CT molecular complexity index is 222. The van der Waals surface area contributed by atoms with Crippen molar-refractivity contribution >= 4 is 17.7 Å². The van der Waals surface area contributed by atoms with E-state index in [0.717, 1.165) is 37.2 Å². The van der Waals surface area contributed by atoms with Crippen LogP contribution in [0.1, 0.15) is 25.7 Å². The molecule has 1 amide bonds. The predicted octanol–water partition coefficient (Wildman–Crippen LogP) is 0.771. The maximum Gasteiger partial charge on any atom is 0.224 e. The van der Waals surface area contributed by atoms with Crippen LogP contribution in [0.15, 0.2) is 0 Å². The number of hydrogen-bond donors (Lipinski definition) is 2. The lowest BCUT2D eigenvalue weighted by Gasteiger charge is -2.36. The zero-order valence-corrected chi connectivity index (χ0v) is 9.11. The number of rotatable bonds is 3. The van der Waals surface area contributed by atoms with Crippen LogP contribution in [-0.4, -0.2) is 34.7 Å². The Balaban J connectivity index is 1.71. The molecule has 2 fully saturated rings. The van der Waals surface area contributed by atoms with Crippen molar-refractivity contribution in [2.75, 3.05) is 18.1 Å². The van der Waals surface area contributed by atoms with Gasteiger partial charge in [0, 0.05) is 18.2 Å². The first-order valence-electron chi connectivity index (χ1n) is 5.27.